The molecular weight excluding hydrogens is 540 g/mol. The summed E-state index contributed by atoms with van der Waals surface area (Å²) in [4.78, 5) is 29.5. The lowest BCUT2D eigenvalue weighted by Gasteiger charge is -2.29. The normalized spacial score (nSPS) is 20.4. The molecule has 2 aliphatic rings. The number of hydrogen-bond acceptors (Lipinski definition) is 4. The highest BCUT2D eigenvalue weighted by Crippen LogP contribution is 2.50. The molecule has 204 valence electrons. The van der Waals surface area contributed by atoms with E-state index in [2.05, 4.69) is 10.5 Å². The smallest absolute Gasteiger partial charge is 0.374 e. The number of rotatable bonds is 6. The molecule has 1 aliphatic heterocycles. The van der Waals surface area contributed by atoms with Gasteiger partial charge in [-0.25, -0.2) is 0 Å². The average molecular weight is 562 g/mol. The molecule has 1 heterocycles. The maximum Gasteiger partial charge on any atom is 0.435 e. The van der Waals surface area contributed by atoms with Crippen molar-refractivity contribution in [3.05, 3.63) is 69.2 Å². The first-order valence-corrected chi connectivity index (χ1v) is 11.8. The van der Waals surface area contributed by atoms with Gasteiger partial charge in [0.1, 0.15) is 5.54 Å². The number of amides is 2. The molecular formula is C25H22ClF6N3O3. The lowest BCUT2D eigenvalue weighted by atomic mass is 9.85. The van der Waals surface area contributed by atoms with Crippen molar-refractivity contribution < 1.29 is 40.8 Å². The average Bonchev–Trinajstić information content (AvgIpc) is 3.43. The number of hydrogen-bond donors (Lipinski definition) is 2. The van der Waals surface area contributed by atoms with Crippen molar-refractivity contribution in [2.24, 2.45) is 5.16 Å². The zero-order valence-electron chi connectivity index (χ0n) is 20.1. The summed E-state index contributed by atoms with van der Waals surface area (Å²) >= 11 is 5.99. The highest BCUT2D eigenvalue weighted by molar-refractivity contribution is 6.30. The highest BCUT2D eigenvalue weighted by atomic mass is 35.5. The van der Waals surface area contributed by atoms with Crippen LogP contribution >= 0.6 is 11.6 Å². The van der Waals surface area contributed by atoms with Crippen molar-refractivity contribution in [2.75, 3.05) is 6.54 Å². The molecule has 2 aromatic carbocycles. The van der Waals surface area contributed by atoms with Gasteiger partial charge in [0.15, 0.2) is 0 Å². The second-order valence-electron chi connectivity index (χ2n) is 9.49. The predicted molar refractivity (Wildman–Crippen MR) is 126 cm³/mol. The zero-order chi connectivity index (χ0) is 28.1. The number of oxime groups is 1. The monoisotopic (exact) mass is 561 g/mol. The minimum atomic E-state index is -4.82. The molecule has 0 bridgehead atoms. The number of carbonyl (C=O) groups is 2. The molecule has 0 saturated heterocycles. The summed E-state index contributed by atoms with van der Waals surface area (Å²) in [7, 11) is 0. The van der Waals surface area contributed by atoms with Gasteiger partial charge >= 0.3 is 12.4 Å². The lowest BCUT2D eigenvalue weighted by molar-refractivity contribution is -0.275. The maximum absolute atomic E-state index is 14.2. The van der Waals surface area contributed by atoms with Crippen LogP contribution in [0.3, 0.4) is 0 Å². The standard InChI is InChI=1S/C25H22ClF6N3O3/c1-13-7-16(10-17(26)8-13)23(25(30,31)32)11-19(35-38-23)15-3-4-18(14(2)9-15)21(37)33-12-20(36)34-22(5-6-22)24(27,28)29/h3-4,7-10H,5-6,11-12H2,1-2H3,(H,33,37)(H,34,36). The molecule has 1 saturated carbocycles. The van der Waals surface area contributed by atoms with Crippen LogP contribution in [0.5, 0.6) is 0 Å². The summed E-state index contributed by atoms with van der Waals surface area (Å²) in [5, 5.41) is 7.99. The molecule has 1 aliphatic carbocycles. The Kier molecular flexibility index (Phi) is 6.92. The van der Waals surface area contributed by atoms with Crippen LogP contribution in [0.15, 0.2) is 41.6 Å². The summed E-state index contributed by atoms with van der Waals surface area (Å²) in [6.07, 6.45) is -10.5. The van der Waals surface area contributed by atoms with E-state index in [0.29, 0.717) is 11.1 Å². The number of nitrogens with zero attached hydrogens (tertiary/aromatic N) is 1. The lowest BCUT2D eigenvalue weighted by Crippen LogP contribution is -2.50. The van der Waals surface area contributed by atoms with Crippen LogP contribution < -0.4 is 10.6 Å². The number of nitrogens with one attached hydrogen (secondary N) is 2. The van der Waals surface area contributed by atoms with Crippen LogP contribution in [0.4, 0.5) is 26.3 Å². The van der Waals surface area contributed by atoms with Crippen LogP contribution in [0.2, 0.25) is 5.02 Å². The van der Waals surface area contributed by atoms with E-state index < -0.39 is 48.3 Å². The van der Waals surface area contributed by atoms with Crippen LogP contribution in [-0.4, -0.2) is 42.0 Å². The molecule has 0 aromatic heterocycles. The first-order valence-electron chi connectivity index (χ1n) is 11.4. The van der Waals surface area contributed by atoms with Gasteiger partial charge in [-0.3, -0.25) is 9.59 Å². The molecule has 6 nitrogen and oxygen atoms in total. The largest absolute Gasteiger partial charge is 0.435 e. The fraction of sp³-hybridized carbons (Fsp3) is 0.400. The van der Waals surface area contributed by atoms with Gasteiger partial charge in [-0.05, 0) is 67.6 Å². The predicted octanol–water partition coefficient (Wildman–Crippen LogP) is 5.48. The molecule has 13 heteroatoms. The van der Waals surface area contributed by atoms with Gasteiger partial charge in [0, 0.05) is 22.6 Å². The Morgan fingerprint density at radius 3 is 2.26 bits per heavy atom. The van der Waals surface area contributed by atoms with Crippen molar-refractivity contribution in [1.82, 2.24) is 10.6 Å². The minimum absolute atomic E-state index is 0.00345. The number of halogens is 7. The summed E-state index contributed by atoms with van der Waals surface area (Å²) in [5.74, 6) is -1.72. The quantitative estimate of drug-likeness (QED) is 0.459. The third-order valence-corrected chi connectivity index (χ3v) is 6.80. The molecule has 0 spiro atoms. The fourth-order valence-corrected chi connectivity index (χ4v) is 4.59. The Labute approximate surface area is 218 Å². The SMILES string of the molecule is Cc1cc(Cl)cc(C2(C(F)(F)F)CC(c3ccc(C(=O)NCC(=O)NC4(C(F)(F)F)CC4)c(C)c3)=NO2)c1. The Morgan fingerprint density at radius 2 is 1.71 bits per heavy atom. The second-order valence-corrected chi connectivity index (χ2v) is 9.92. The van der Waals surface area contributed by atoms with E-state index in [9.17, 15) is 35.9 Å². The van der Waals surface area contributed by atoms with E-state index in [1.807, 2.05) is 5.32 Å². The Morgan fingerprint density at radius 1 is 1.03 bits per heavy atom. The third kappa shape index (κ3) is 5.18. The fourth-order valence-electron chi connectivity index (χ4n) is 4.30. The number of carbonyl (C=O) groups excluding carboxylic acids is 2. The van der Waals surface area contributed by atoms with E-state index in [-0.39, 0.29) is 40.3 Å². The van der Waals surface area contributed by atoms with Gasteiger partial charge in [0.2, 0.25) is 5.91 Å². The number of benzene rings is 2. The van der Waals surface area contributed by atoms with Gasteiger partial charge < -0.3 is 15.5 Å². The van der Waals surface area contributed by atoms with E-state index >= 15 is 0 Å². The van der Waals surface area contributed by atoms with E-state index in [1.54, 1.807) is 6.92 Å². The van der Waals surface area contributed by atoms with Crippen molar-refractivity contribution in [3.8, 4) is 0 Å². The Balaban J connectivity index is 1.46. The minimum Gasteiger partial charge on any atom is -0.374 e. The highest BCUT2D eigenvalue weighted by Gasteiger charge is 2.64. The van der Waals surface area contributed by atoms with Gasteiger partial charge in [-0.15, -0.1) is 0 Å². The first-order chi connectivity index (χ1) is 17.6. The van der Waals surface area contributed by atoms with Gasteiger partial charge in [0.25, 0.3) is 11.5 Å². The van der Waals surface area contributed by atoms with Crippen molar-refractivity contribution in [2.45, 2.75) is 56.6 Å². The zero-order valence-corrected chi connectivity index (χ0v) is 20.9. The summed E-state index contributed by atoms with van der Waals surface area (Å²) in [5.41, 5.74) is -3.96. The van der Waals surface area contributed by atoms with Gasteiger partial charge in [-0.1, -0.05) is 28.9 Å². The van der Waals surface area contributed by atoms with E-state index in [4.69, 9.17) is 16.4 Å². The molecule has 4 rings (SSSR count). The van der Waals surface area contributed by atoms with Crippen LogP contribution in [0.25, 0.3) is 0 Å². The van der Waals surface area contributed by atoms with Crippen LogP contribution in [0, 0.1) is 13.8 Å². The molecule has 2 N–H and O–H groups in total. The number of alkyl halides is 6. The Bertz CT molecular complexity index is 1300. The topological polar surface area (TPSA) is 79.8 Å². The van der Waals surface area contributed by atoms with Crippen LogP contribution in [-0.2, 0) is 15.2 Å². The van der Waals surface area contributed by atoms with Crippen molar-refractivity contribution >= 4 is 29.1 Å². The summed E-state index contributed by atoms with van der Waals surface area (Å²) in [6, 6.07) is 8.17. The Hall–Kier alpha value is -3.28. The summed E-state index contributed by atoms with van der Waals surface area (Å²) in [6.45, 7) is 2.45. The molecule has 1 unspecified atom stereocenters. The van der Waals surface area contributed by atoms with E-state index in [1.165, 1.54) is 43.3 Å². The third-order valence-electron chi connectivity index (χ3n) is 6.58. The van der Waals surface area contributed by atoms with Crippen molar-refractivity contribution in [3.63, 3.8) is 0 Å². The number of aryl methyl sites for hydroxylation is 2. The molecule has 1 atom stereocenters. The molecule has 2 amide bonds. The van der Waals surface area contributed by atoms with Gasteiger partial charge in [-0.2, -0.15) is 26.3 Å². The molecule has 0 radical (unpaired) electrons. The van der Waals surface area contributed by atoms with Crippen LogP contribution in [0.1, 0.15) is 51.9 Å². The molecule has 38 heavy (non-hydrogen) atoms. The second kappa shape index (κ2) is 9.48. The molecule has 1 fully saturated rings. The van der Waals surface area contributed by atoms with Crippen molar-refractivity contribution in [1.29, 1.82) is 0 Å². The van der Waals surface area contributed by atoms with E-state index in [0.717, 1.165) is 0 Å². The molecule has 2 aromatic rings. The first kappa shape index (κ1) is 27.7. The maximum atomic E-state index is 14.2. The van der Waals surface area contributed by atoms with Gasteiger partial charge in [0.05, 0.1) is 12.3 Å². The summed E-state index contributed by atoms with van der Waals surface area (Å²) < 4.78 is 81.7.